The van der Waals surface area contributed by atoms with Crippen molar-refractivity contribution in [3.63, 3.8) is 0 Å². The lowest BCUT2D eigenvalue weighted by Crippen LogP contribution is -2.68. The van der Waals surface area contributed by atoms with E-state index in [0.29, 0.717) is 22.8 Å². The van der Waals surface area contributed by atoms with Gasteiger partial charge in [0.2, 0.25) is 0 Å². The van der Waals surface area contributed by atoms with Gasteiger partial charge in [-0.25, -0.2) is 0 Å². The molecule has 7 rings (SSSR count). The van der Waals surface area contributed by atoms with Crippen LogP contribution in [0.25, 0.3) is 11.1 Å². The van der Waals surface area contributed by atoms with Crippen LogP contribution in [0.15, 0.2) is 54.9 Å². The minimum Gasteiger partial charge on any atom is -0.481 e. The van der Waals surface area contributed by atoms with E-state index in [-0.39, 0.29) is 28.9 Å². The topological polar surface area (TPSA) is 61.2 Å². The monoisotopic (exact) mass is 446 g/mol. The number of ketones is 2. The van der Waals surface area contributed by atoms with Gasteiger partial charge >= 0.3 is 0 Å². The van der Waals surface area contributed by atoms with Gasteiger partial charge < -0.3 is 4.74 Å². The number of Topliss-reactive ketones (excluding diaryl/α,β-unsaturated/α-hetero) is 2. The van der Waals surface area contributed by atoms with Gasteiger partial charge in [0.25, 0.3) is 0 Å². The van der Waals surface area contributed by atoms with Crippen molar-refractivity contribution in [2.75, 3.05) is 0 Å². The second-order valence-corrected chi connectivity index (χ2v) is 10.2. The molecule has 0 unspecified atom stereocenters. The molecule has 3 fully saturated rings. The third-order valence-corrected chi connectivity index (χ3v) is 7.59. The van der Waals surface area contributed by atoms with Gasteiger partial charge in [0, 0.05) is 23.2 Å². The van der Waals surface area contributed by atoms with Crippen LogP contribution in [0.4, 0.5) is 0 Å². The van der Waals surface area contributed by atoms with Crippen LogP contribution in [0.1, 0.15) is 48.0 Å². The maximum Gasteiger partial charge on any atom is 0.174 e. The lowest BCUT2D eigenvalue weighted by atomic mass is 9.38. The lowest BCUT2D eigenvalue weighted by Gasteiger charge is -2.70. The van der Waals surface area contributed by atoms with Crippen molar-refractivity contribution in [1.29, 1.82) is 0 Å². The normalized spacial score (nSPS) is 27.7. The molecule has 3 aromatic rings. The van der Waals surface area contributed by atoms with E-state index >= 15 is 0 Å². The van der Waals surface area contributed by atoms with E-state index in [1.807, 2.05) is 6.20 Å². The van der Waals surface area contributed by atoms with Gasteiger partial charge in [-0.2, -0.15) is 5.10 Å². The maximum absolute atomic E-state index is 13.0. The Labute approximate surface area is 191 Å². The Hall–Kier alpha value is -2.92. The van der Waals surface area contributed by atoms with Crippen LogP contribution in [0.5, 0.6) is 5.75 Å². The van der Waals surface area contributed by atoms with Crippen LogP contribution in [-0.2, 0) is 10.3 Å². The molecule has 2 aromatic carbocycles. The van der Waals surface area contributed by atoms with E-state index < -0.39 is 6.10 Å². The summed E-state index contributed by atoms with van der Waals surface area (Å²) in [6, 6.07) is 13.4. The molecule has 0 amide bonds. The maximum atomic E-state index is 13.0. The molecule has 1 atom stereocenters. The molecule has 3 aliphatic carbocycles. The minimum atomic E-state index is -0.695. The summed E-state index contributed by atoms with van der Waals surface area (Å²) in [4.78, 5) is 25.5. The van der Waals surface area contributed by atoms with Gasteiger partial charge in [-0.1, -0.05) is 41.4 Å². The van der Waals surface area contributed by atoms with E-state index in [9.17, 15) is 9.59 Å². The average Bonchev–Trinajstić information content (AvgIpc) is 3.20. The first-order chi connectivity index (χ1) is 15.3. The molecule has 32 heavy (non-hydrogen) atoms. The molecular weight excluding hydrogens is 424 g/mol. The van der Waals surface area contributed by atoms with E-state index in [1.54, 1.807) is 18.2 Å². The number of carbonyl (C=O) groups is 2. The predicted octanol–water partition coefficient (Wildman–Crippen LogP) is 5.38. The molecule has 5 nitrogen and oxygen atoms in total. The number of aromatic nitrogens is 2. The van der Waals surface area contributed by atoms with Crippen LogP contribution >= 0.6 is 11.6 Å². The Balaban J connectivity index is 1.11. The van der Waals surface area contributed by atoms with Crippen LogP contribution in [0.3, 0.4) is 0 Å². The molecule has 4 aliphatic rings. The Morgan fingerprint density at radius 3 is 2.66 bits per heavy atom. The number of benzene rings is 2. The summed E-state index contributed by atoms with van der Waals surface area (Å²) in [7, 11) is 0. The molecule has 162 valence electrons. The quantitative estimate of drug-likeness (QED) is 0.527. The van der Waals surface area contributed by atoms with Gasteiger partial charge in [-0.15, -0.1) is 0 Å². The number of aryl methyl sites for hydroxylation is 1. The highest BCUT2D eigenvalue weighted by atomic mass is 35.5. The molecule has 0 N–H and O–H groups in total. The molecule has 1 aromatic heterocycles. The van der Waals surface area contributed by atoms with Crippen LogP contribution in [0.2, 0.25) is 5.02 Å². The molecule has 0 radical (unpaired) electrons. The van der Waals surface area contributed by atoms with Gasteiger partial charge in [-0.05, 0) is 55.4 Å². The van der Waals surface area contributed by atoms with Crippen molar-refractivity contribution in [3.05, 3.63) is 71.0 Å². The summed E-state index contributed by atoms with van der Waals surface area (Å²) in [6.07, 6.45) is 6.76. The Bertz CT molecular complexity index is 1240. The number of hydrogen-bond donors (Lipinski definition) is 0. The number of nitrogens with zero attached hydrogens (tertiary/aromatic N) is 2. The molecule has 0 spiro atoms. The third-order valence-electron chi connectivity index (χ3n) is 7.36. The first-order valence-corrected chi connectivity index (χ1v) is 11.4. The zero-order chi connectivity index (χ0) is 22.1. The van der Waals surface area contributed by atoms with E-state index in [4.69, 9.17) is 16.3 Å². The first-order valence-electron chi connectivity index (χ1n) is 11.0. The second-order valence-electron chi connectivity index (χ2n) is 9.81. The Morgan fingerprint density at radius 1 is 1.16 bits per heavy atom. The lowest BCUT2D eigenvalue weighted by molar-refractivity contribution is -0.199. The highest BCUT2D eigenvalue weighted by Gasteiger charge is 2.69. The smallest absolute Gasteiger partial charge is 0.174 e. The largest absolute Gasteiger partial charge is 0.481 e. The fourth-order valence-corrected chi connectivity index (χ4v) is 5.98. The van der Waals surface area contributed by atoms with Crippen LogP contribution in [0, 0.1) is 12.3 Å². The van der Waals surface area contributed by atoms with Crippen molar-refractivity contribution < 1.29 is 14.3 Å². The second kappa shape index (κ2) is 6.79. The van der Waals surface area contributed by atoms with Gasteiger partial charge in [-0.3, -0.25) is 14.3 Å². The molecule has 2 bridgehead atoms. The molecule has 6 heteroatoms. The summed E-state index contributed by atoms with van der Waals surface area (Å²) >= 11 is 5.98. The Kier molecular flexibility index (Phi) is 4.19. The number of halogens is 1. The fourth-order valence-electron chi connectivity index (χ4n) is 5.81. The van der Waals surface area contributed by atoms with Crippen LogP contribution < -0.4 is 4.74 Å². The highest BCUT2D eigenvalue weighted by Crippen LogP contribution is 2.73. The van der Waals surface area contributed by atoms with Crippen LogP contribution in [-0.4, -0.2) is 27.5 Å². The average molecular weight is 447 g/mol. The van der Waals surface area contributed by atoms with E-state index in [0.717, 1.165) is 24.8 Å². The predicted molar refractivity (Wildman–Crippen MR) is 121 cm³/mol. The number of carbonyl (C=O) groups excluding carboxylic acids is 2. The molecule has 3 saturated carbocycles. The molecule has 0 saturated heterocycles. The molecule has 2 heterocycles. The summed E-state index contributed by atoms with van der Waals surface area (Å²) in [5, 5.41) is 5.13. The first kappa shape index (κ1) is 19.7. The van der Waals surface area contributed by atoms with Gasteiger partial charge in [0.15, 0.2) is 17.7 Å². The minimum absolute atomic E-state index is 0.0214. The van der Waals surface area contributed by atoms with Gasteiger partial charge in [0.1, 0.15) is 5.75 Å². The van der Waals surface area contributed by atoms with Gasteiger partial charge in [0.05, 0.1) is 23.7 Å². The zero-order valence-electron chi connectivity index (χ0n) is 17.8. The third kappa shape index (κ3) is 3.02. The fraction of sp³-hybridized carbons (Fsp3) is 0.346. The zero-order valence-corrected chi connectivity index (χ0v) is 18.6. The molecule has 1 aliphatic heterocycles. The van der Waals surface area contributed by atoms with E-state index in [2.05, 4.69) is 47.2 Å². The summed E-state index contributed by atoms with van der Waals surface area (Å²) < 4.78 is 7.97. The Morgan fingerprint density at radius 2 is 1.91 bits per heavy atom. The van der Waals surface area contributed by atoms with Crippen molar-refractivity contribution in [3.8, 4) is 16.9 Å². The standard InChI is InChI=1S/C26H23ClN2O3/c1-16-2-4-17(5-3-16)18-11-28-29(12-18)26-13-25(14-26,15-26)10-22(31)24-9-21(30)20-8-19(27)6-7-23(20)32-24/h2-8,11-12,24H,9-10,13-15H2,1H3/t24-,25?,26?/m1/s1. The number of hydrogen-bond acceptors (Lipinski definition) is 4. The van der Waals surface area contributed by atoms with E-state index in [1.165, 1.54) is 11.1 Å². The van der Waals surface area contributed by atoms with Crippen molar-refractivity contribution in [1.82, 2.24) is 9.78 Å². The van der Waals surface area contributed by atoms with Crippen molar-refractivity contribution in [2.24, 2.45) is 5.41 Å². The summed E-state index contributed by atoms with van der Waals surface area (Å²) in [5.41, 5.74) is 4.05. The SMILES string of the molecule is Cc1ccc(-c2cnn(C34CC(CC(=O)[C@H]5CC(=O)c6cc(Cl)ccc6O5)(C3)C4)c2)cc1. The van der Waals surface area contributed by atoms with Crippen molar-refractivity contribution in [2.45, 2.75) is 50.7 Å². The van der Waals surface area contributed by atoms with Crippen molar-refractivity contribution >= 4 is 23.2 Å². The summed E-state index contributed by atoms with van der Waals surface area (Å²) in [5.74, 6) is 0.396. The summed E-state index contributed by atoms with van der Waals surface area (Å²) in [6.45, 7) is 2.08. The molecular formula is C26H23ClN2O3. The number of ether oxygens (including phenoxy) is 1. The number of rotatable bonds is 5. The number of fused-ring (bicyclic) bond motifs is 1. The highest BCUT2D eigenvalue weighted by molar-refractivity contribution is 6.31.